The van der Waals surface area contributed by atoms with Crippen molar-refractivity contribution in [3.05, 3.63) is 0 Å². The van der Waals surface area contributed by atoms with Gasteiger partial charge in [0.1, 0.15) is 0 Å². The molecule has 1 aliphatic carbocycles. The van der Waals surface area contributed by atoms with Gasteiger partial charge in [-0.05, 0) is 25.2 Å². The van der Waals surface area contributed by atoms with Gasteiger partial charge in [0.15, 0.2) is 0 Å². The summed E-state index contributed by atoms with van der Waals surface area (Å²) in [6.45, 7) is 4.59. The Kier molecular flexibility index (Phi) is 7.25. The molecule has 0 radical (unpaired) electrons. The lowest BCUT2D eigenvalue weighted by Crippen LogP contribution is -2.52. The standard InChI is InChI=1S/C16H33NO/c1-4-5-6-7-8-11-15(17)16(18-3)12-9-10-14(2)13-16/h14-15H,4-13,17H2,1-3H3. The lowest BCUT2D eigenvalue weighted by Gasteiger charge is -2.43. The lowest BCUT2D eigenvalue weighted by atomic mass is 9.73. The average Bonchev–Trinajstić information content (AvgIpc) is 2.38. The van der Waals surface area contributed by atoms with Crippen molar-refractivity contribution in [2.45, 2.75) is 89.7 Å². The second-order valence-electron chi connectivity index (χ2n) is 6.28. The first-order chi connectivity index (χ1) is 8.64. The quantitative estimate of drug-likeness (QED) is 0.657. The second kappa shape index (κ2) is 8.16. The Bertz CT molecular complexity index is 219. The van der Waals surface area contributed by atoms with E-state index in [0.717, 1.165) is 25.2 Å². The number of methoxy groups -OCH3 is 1. The highest BCUT2D eigenvalue weighted by Gasteiger charge is 2.39. The predicted molar refractivity (Wildman–Crippen MR) is 78.7 cm³/mol. The Hall–Kier alpha value is -0.0800. The highest BCUT2D eigenvalue weighted by Crippen LogP contribution is 2.37. The molecule has 1 aliphatic rings. The van der Waals surface area contributed by atoms with Crippen LogP contribution in [0.25, 0.3) is 0 Å². The van der Waals surface area contributed by atoms with Gasteiger partial charge in [0.05, 0.1) is 5.60 Å². The highest BCUT2D eigenvalue weighted by atomic mass is 16.5. The van der Waals surface area contributed by atoms with Crippen molar-refractivity contribution in [2.75, 3.05) is 7.11 Å². The summed E-state index contributed by atoms with van der Waals surface area (Å²) in [5, 5.41) is 0. The first kappa shape index (κ1) is 16.0. The van der Waals surface area contributed by atoms with Crippen molar-refractivity contribution in [1.29, 1.82) is 0 Å². The third kappa shape index (κ3) is 4.55. The van der Waals surface area contributed by atoms with E-state index in [-0.39, 0.29) is 11.6 Å². The van der Waals surface area contributed by atoms with E-state index in [1.165, 1.54) is 44.9 Å². The van der Waals surface area contributed by atoms with E-state index in [4.69, 9.17) is 10.5 Å². The zero-order chi connectivity index (χ0) is 13.4. The largest absolute Gasteiger partial charge is 0.377 e. The van der Waals surface area contributed by atoms with Crippen molar-refractivity contribution >= 4 is 0 Å². The molecule has 0 aliphatic heterocycles. The Morgan fingerprint density at radius 2 is 2.00 bits per heavy atom. The molecule has 1 fully saturated rings. The summed E-state index contributed by atoms with van der Waals surface area (Å²) in [6.07, 6.45) is 12.7. The summed E-state index contributed by atoms with van der Waals surface area (Å²) >= 11 is 0. The van der Waals surface area contributed by atoms with Crippen LogP contribution in [0.15, 0.2) is 0 Å². The fraction of sp³-hybridized carbons (Fsp3) is 1.00. The average molecular weight is 255 g/mol. The van der Waals surface area contributed by atoms with Crippen LogP contribution in [0.5, 0.6) is 0 Å². The maximum absolute atomic E-state index is 6.45. The van der Waals surface area contributed by atoms with Crippen LogP contribution in [0.4, 0.5) is 0 Å². The Labute approximate surface area is 114 Å². The highest BCUT2D eigenvalue weighted by molar-refractivity contribution is 4.95. The van der Waals surface area contributed by atoms with Gasteiger partial charge in [-0.1, -0.05) is 58.8 Å². The first-order valence-electron chi connectivity index (χ1n) is 7.95. The molecule has 0 heterocycles. The molecule has 0 aromatic heterocycles. The van der Waals surface area contributed by atoms with Gasteiger partial charge in [-0.25, -0.2) is 0 Å². The lowest BCUT2D eigenvalue weighted by molar-refractivity contribution is -0.0726. The Morgan fingerprint density at radius 1 is 1.28 bits per heavy atom. The van der Waals surface area contributed by atoms with Crippen LogP contribution < -0.4 is 5.73 Å². The van der Waals surface area contributed by atoms with E-state index < -0.39 is 0 Å². The number of ether oxygens (including phenoxy) is 1. The summed E-state index contributed by atoms with van der Waals surface area (Å²) in [5.41, 5.74) is 6.42. The van der Waals surface area contributed by atoms with Crippen LogP contribution >= 0.6 is 0 Å². The molecule has 2 nitrogen and oxygen atoms in total. The topological polar surface area (TPSA) is 35.2 Å². The van der Waals surface area contributed by atoms with E-state index in [2.05, 4.69) is 13.8 Å². The second-order valence-corrected chi connectivity index (χ2v) is 6.28. The zero-order valence-corrected chi connectivity index (χ0v) is 12.7. The normalized spacial score (nSPS) is 30.3. The van der Waals surface area contributed by atoms with Crippen molar-refractivity contribution in [3.63, 3.8) is 0 Å². The third-order valence-corrected chi connectivity index (χ3v) is 4.69. The number of unbranched alkanes of at least 4 members (excludes halogenated alkanes) is 4. The van der Waals surface area contributed by atoms with Crippen molar-refractivity contribution in [2.24, 2.45) is 11.7 Å². The molecular formula is C16H33NO. The van der Waals surface area contributed by atoms with Gasteiger partial charge >= 0.3 is 0 Å². The van der Waals surface area contributed by atoms with Crippen LogP contribution in [-0.2, 0) is 4.74 Å². The molecule has 108 valence electrons. The molecule has 18 heavy (non-hydrogen) atoms. The molecule has 1 saturated carbocycles. The number of nitrogens with two attached hydrogens (primary N) is 1. The molecule has 0 amide bonds. The van der Waals surface area contributed by atoms with E-state index in [0.29, 0.717) is 0 Å². The molecule has 3 unspecified atom stereocenters. The maximum atomic E-state index is 6.45. The van der Waals surface area contributed by atoms with Gasteiger partial charge in [-0.3, -0.25) is 0 Å². The minimum absolute atomic E-state index is 0.0254. The van der Waals surface area contributed by atoms with E-state index in [1.807, 2.05) is 7.11 Å². The number of hydrogen-bond acceptors (Lipinski definition) is 2. The van der Waals surface area contributed by atoms with E-state index >= 15 is 0 Å². The molecule has 1 rings (SSSR count). The van der Waals surface area contributed by atoms with Crippen LogP contribution in [-0.4, -0.2) is 18.8 Å². The molecule has 3 atom stereocenters. The van der Waals surface area contributed by atoms with Crippen LogP contribution in [0.2, 0.25) is 0 Å². The summed E-state index contributed by atoms with van der Waals surface area (Å²) in [7, 11) is 1.86. The fourth-order valence-corrected chi connectivity index (χ4v) is 3.45. The smallest absolute Gasteiger partial charge is 0.0831 e. The molecule has 0 spiro atoms. The van der Waals surface area contributed by atoms with E-state index in [1.54, 1.807) is 0 Å². The van der Waals surface area contributed by atoms with Gasteiger partial charge in [0.2, 0.25) is 0 Å². The molecule has 0 aromatic carbocycles. The minimum atomic E-state index is -0.0254. The van der Waals surface area contributed by atoms with Crippen molar-refractivity contribution in [1.82, 2.24) is 0 Å². The number of rotatable bonds is 8. The molecule has 0 aromatic rings. The Morgan fingerprint density at radius 3 is 2.61 bits per heavy atom. The van der Waals surface area contributed by atoms with Crippen LogP contribution in [0.1, 0.15) is 78.1 Å². The summed E-state index contributed by atoms with van der Waals surface area (Å²) in [5.74, 6) is 0.768. The molecule has 0 bridgehead atoms. The van der Waals surface area contributed by atoms with Gasteiger partial charge in [-0.2, -0.15) is 0 Å². The molecular weight excluding hydrogens is 222 g/mol. The first-order valence-corrected chi connectivity index (χ1v) is 7.95. The maximum Gasteiger partial charge on any atom is 0.0831 e. The van der Waals surface area contributed by atoms with Crippen molar-refractivity contribution in [3.8, 4) is 0 Å². The zero-order valence-electron chi connectivity index (χ0n) is 12.7. The minimum Gasteiger partial charge on any atom is -0.377 e. The predicted octanol–water partition coefficient (Wildman–Crippen LogP) is 4.27. The fourth-order valence-electron chi connectivity index (χ4n) is 3.45. The van der Waals surface area contributed by atoms with Crippen LogP contribution in [0.3, 0.4) is 0 Å². The van der Waals surface area contributed by atoms with Crippen molar-refractivity contribution < 1.29 is 4.74 Å². The van der Waals surface area contributed by atoms with Gasteiger partial charge in [-0.15, -0.1) is 0 Å². The van der Waals surface area contributed by atoms with E-state index in [9.17, 15) is 0 Å². The van der Waals surface area contributed by atoms with Gasteiger partial charge in [0.25, 0.3) is 0 Å². The summed E-state index contributed by atoms with van der Waals surface area (Å²) in [6, 6.07) is 0.229. The van der Waals surface area contributed by atoms with Gasteiger partial charge in [0, 0.05) is 13.2 Å². The summed E-state index contributed by atoms with van der Waals surface area (Å²) < 4.78 is 5.86. The summed E-state index contributed by atoms with van der Waals surface area (Å²) in [4.78, 5) is 0. The monoisotopic (exact) mass is 255 g/mol. The van der Waals surface area contributed by atoms with Crippen LogP contribution in [0, 0.1) is 5.92 Å². The molecule has 2 heteroatoms. The Balaban J connectivity index is 2.34. The SMILES string of the molecule is CCCCCCCC(N)C1(OC)CCCC(C)C1. The third-order valence-electron chi connectivity index (χ3n) is 4.69. The molecule has 2 N–H and O–H groups in total. The van der Waals surface area contributed by atoms with Gasteiger partial charge < -0.3 is 10.5 Å². The molecule has 0 saturated heterocycles. The number of hydrogen-bond donors (Lipinski definition) is 1.